The lowest BCUT2D eigenvalue weighted by atomic mass is 10.2. The van der Waals surface area contributed by atoms with Crippen molar-refractivity contribution < 1.29 is 32.9 Å². The lowest BCUT2D eigenvalue weighted by Gasteiger charge is -2.15. The highest BCUT2D eigenvalue weighted by molar-refractivity contribution is 7.89. The van der Waals surface area contributed by atoms with Gasteiger partial charge < -0.3 is 30.7 Å². The van der Waals surface area contributed by atoms with Gasteiger partial charge in [-0.3, -0.25) is 14.2 Å². The number of carbonyl (C=O) groups excluding carboxylic acids is 1. The van der Waals surface area contributed by atoms with Crippen LogP contribution in [-0.2, 0) is 37.4 Å². The molecule has 0 atom stereocenters. The highest BCUT2D eigenvalue weighted by Gasteiger charge is 2.20. The number of sulfonamides is 1. The van der Waals surface area contributed by atoms with Gasteiger partial charge in [-0.15, -0.1) is 5.11 Å². The van der Waals surface area contributed by atoms with Crippen LogP contribution in [0.1, 0.15) is 12.5 Å². The van der Waals surface area contributed by atoms with Gasteiger partial charge in [0.25, 0.3) is 5.56 Å². The Kier molecular flexibility index (Phi) is 10.9. The predicted octanol–water partition coefficient (Wildman–Crippen LogP) is 0.121. The number of rotatable bonds is 14. The summed E-state index contributed by atoms with van der Waals surface area (Å²) in [4.78, 5) is 24.1. The van der Waals surface area contributed by atoms with Crippen LogP contribution in [0.5, 0.6) is 5.88 Å². The molecular formula is C21H30N6O8S. The number of aliphatic hydroxyl groups excluding tert-OH is 1. The summed E-state index contributed by atoms with van der Waals surface area (Å²) in [6, 6.07) is 5.43. The number of benzene rings is 1. The molecule has 1 amide bonds. The van der Waals surface area contributed by atoms with Crippen molar-refractivity contribution in [1.29, 1.82) is 0 Å². The number of azo groups is 1. The number of nitrogens with zero attached hydrogens (tertiary/aromatic N) is 3. The van der Waals surface area contributed by atoms with Crippen molar-refractivity contribution in [3.63, 3.8) is 0 Å². The monoisotopic (exact) mass is 526 g/mol. The molecule has 0 radical (unpaired) electrons. The lowest BCUT2D eigenvalue weighted by Crippen LogP contribution is -2.30. The molecule has 0 saturated heterocycles. The van der Waals surface area contributed by atoms with Crippen LogP contribution in [0.25, 0.3) is 0 Å². The molecule has 0 spiro atoms. The number of anilines is 1. The van der Waals surface area contributed by atoms with E-state index in [1.807, 2.05) is 0 Å². The van der Waals surface area contributed by atoms with E-state index in [0.29, 0.717) is 0 Å². The molecule has 1 aromatic carbocycles. The van der Waals surface area contributed by atoms with E-state index in [1.165, 1.54) is 38.3 Å². The Morgan fingerprint density at radius 1 is 1.17 bits per heavy atom. The number of nitrogens with one attached hydrogen (secondary N) is 2. The van der Waals surface area contributed by atoms with Gasteiger partial charge in [-0.05, 0) is 24.3 Å². The maximum Gasteiger partial charge on any atom is 0.281 e. The summed E-state index contributed by atoms with van der Waals surface area (Å²) in [5.41, 5.74) is 5.39. The number of amides is 1. The Hall–Kier alpha value is -3.37. The van der Waals surface area contributed by atoms with E-state index in [9.17, 15) is 23.1 Å². The minimum Gasteiger partial charge on any atom is -0.493 e. The molecule has 6 N–H and O–H groups in total. The lowest BCUT2D eigenvalue weighted by molar-refractivity contribution is -0.119. The number of aliphatic hydroxyl groups is 1. The first-order valence-electron chi connectivity index (χ1n) is 10.8. The van der Waals surface area contributed by atoms with Gasteiger partial charge in [-0.25, -0.2) is 13.1 Å². The largest absolute Gasteiger partial charge is 0.493 e. The number of nitrogen functional groups attached to an aromatic ring is 1. The topological polar surface area (TPSA) is 207 Å². The second kappa shape index (κ2) is 13.6. The Balaban J connectivity index is 2.28. The summed E-state index contributed by atoms with van der Waals surface area (Å²) in [7, 11) is -2.41. The summed E-state index contributed by atoms with van der Waals surface area (Å²) in [6.07, 6.45) is 0. The quantitative estimate of drug-likeness (QED) is 0.167. The molecule has 0 aliphatic heterocycles. The molecule has 1 aromatic heterocycles. The molecule has 0 aliphatic carbocycles. The van der Waals surface area contributed by atoms with Crippen molar-refractivity contribution in [3.8, 4) is 5.88 Å². The summed E-state index contributed by atoms with van der Waals surface area (Å²) >= 11 is 0. The van der Waals surface area contributed by atoms with Crippen molar-refractivity contribution in [2.45, 2.75) is 25.0 Å². The maximum absolute atomic E-state index is 13.0. The van der Waals surface area contributed by atoms with Crippen molar-refractivity contribution in [1.82, 2.24) is 14.6 Å². The molecule has 2 rings (SSSR count). The second-order valence-corrected chi connectivity index (χ2v) is 9.13. The van der Waals surface area contributed by atoms with Crippen molar-refractivity contribution in [2.24, 2.45) is 10.2 Å². The smallest absolute Gasteiger partial charge is 0.281 e. The van der Waals surface area contributed by atoms with E-state index in [-0.39, 0.29) is 79.5 Å². The Morgan fingerprint density at radius 3 is 2.47 bits per heavy atom. The number of aromatic nitrogens is 1. The van der Waals surface area contributed by atoms with E-state index in [4.69, 9.17) is 20.3 Å². The fourth-order valence-corrected chi connectivity index (χ4v) is 4.02. The number of aromatic hydroxyl groups is 1. The van der Waals surface area contributed by atoms with Crippen LogP contribution in [-0.4, -0.2) is 69.1 Å². The number of methoxy groups -OCH3 is 1. The zero-order valence-electron chi connectivity index (χ0n) is 19.9. The summed E-state index contributed by atoms with van der Waals surface area (Å²) in [5.74, 6) is -0.790. The van der Waals surface area contributed by atoms with Crippen LogP contribution in [0.4, 0.5) is 17.1 Å². The predicted molar refractivity (Wildman–Crippen MR) is 130 cm³/mol. The number of hydrogen-bond donors (Lipinski definition) is 5. The molecule has 2 aromatic rings. The Morgan fingerprint density at radius 2 is 1.86 bits per heavy atom. The molecule has 15 heteroatoms. The van der Waals surface area contributed by atoms with E-state index in [1.54, 1.807) is 0 Å². The third kappa shape index (κ3) is 7.82. The van der Waals surface area contributed by atoms with Crippen LogP contribution in [0.3, 0.4) is 0 Å². The van der Waals surface area contributed by atoms with Gasteiger partial charge in [0, 0.05) is 39.2 Å². The van der Waals surface area contributed by atoms with Gasteiger partial charge in [-0.2, -0.15) is 5.11 Å². The highest BCUT2D eigenvalue weighted by atomic mass is 32.2. The third-order valence-electron chi connectivity index (χ3n) is 4.74. The zero-order valence-corrected chi connectivity index (χ0v) is 20.7. The molecule has 0 unspecified atom stereocenters. The highest BCUT2D eigenvalue weighted by Crippen LogP contribution is 2.31. The molecule has 36 heavy (non-hydrogen) atoms. The molecule has 1 heterocycles. The van der Waals surface area contributed by atoms with E-state index in [2.05, 4.69) is 20.3 Å². The molecule has 0 aliphatic rings. The first-order chi connectivity index (χ1) is 17.1. The van der Waals surface area contributed by atoms with Gasteiger partial charge >= 0.3 is 0 Å². The van der Waals surface area contributed by atoms with Gasteiger partial charge in [0.1, 0.15) is 5.69 Å². The average molecular weight is 527 g/mol. The first-order valence-corrected chi connectivity index (χ1v) is 12.3. The van der Waals surface area contributed by atoms with E-state index >= 15 is 0 Å². The molecule has 0 saturated carbocycles. The minimum absolute atomic E-state index is 0.0158. The zero-order chi connectivity index (χ0) is 26.7. The van der Waals surface area contributed by atoms with Crippen LogP contribution in [0.15, 0.2) is 44.2 Å². The molecular weight excluding hydrogens is 496 g/mol. The van der Waals surface area contributed by atoms with Gasteiger partial charge in [0.2, 0.25) is 21.8 Å². The SMILES string of the molecule is COCc1c(N)c(O)n(CCNC(C)=O)c(=O)c1N=Nc1ccc(S(=O)(=O)NCCOCCO)cc1. The second-order valence-electron chi connectivity index (χ2n) is 7.36. The summed E-state index contributed by atoms with van der Waals surface area (Å²) < 4.78 is 38.1. The number of pyridine rings is 1. The number of carbonyl (C=O) groups is 1. The number of nitrogens with two attached hydrogens (primary N) is 1. The van der Waals surface area contributed by atoms with Crippen molar-refractivity contribution >= 4 is 33.0 Å². The van der Waals surface area contributed by atoms with Gasteiger partial charge in [0.15, 0.2) is 5.69 Å². The maximum atomic E-state index is 13.0. The summed E-state index contributed by atoms with van der Waals surface area (Å²) in [5, 5.41) is 29.6. The fraction of sp³-hybridized carbons (Fsp3) is 0.429. The van der Waals surface area contributed by atoms with Gasteiger partial charge in [-0.1, -0.05) is 0 Å². The van der Waals surface area contributed by atoms with Crippen molar-refractivity contribution in [3.05, 3.63) is 40.2 Å². The number of ether oxygens (including phenoxy) is 2. The molecule has 14 nitrogen and oxygen atoms in total. The summed E-state index contributed by atoms with van der Waals surface area (Å²) in [6.45, 7) is 1.29. The fourth-order valence-electron chi connectivity index (χ4n) is 3.00. The molecule has 0 bridgehead atoms. The van der Waals surface area contributed by atoms with Gasteiger partial charge in [0.05, 0.1) is 37.0 Å². The number of hydrogen-bond acceptors (Lipinski definition) is 11. The van der Waals surface area contributed by atoms with Crippen molar-refractivity contribution in [2.75, 3.05) is 45.8 Å². The Labute approximate surface area is 207 Å². The molecule has 0 fully saturated rings. The van der Waals surface area contributed by atoms with E-state index in [0.717, 1.165) is 4.57 Å². The van der Waals surface area contributed by atoms with Crippen LogP contribution in [0, 0.1) is 0 Å². The van der Waals surface area contributed by atoms with Crippen LogP contribution in [0.2, 0.25) is 0 Å². The Bertz CT molecular complexity index is 1230. The van der Waals surface area contributed by atoms with Crippen LogP contribution >= 0.6 is 0 Å². The van der Waals surface area contributed by atoms with E-state index < -0.39 is 21.5 Å². The third-order valence-corrected chi connectivity index (χ3v) is 6.22. The normalized spacial score (nSPS) is 11.8. The van der Waals surface area contributed by atoms with Crippen LogP contribution < -0.4 is 21.3 Å². The standard InChI is InChI=1S/C21H30N6O8S/c1-14(29)23-7-9-27-20(30)18(22)17(13-34-2)19(21(27)31)26-25-15-3-5-16(6-4-15)36(32,33)24-8-11-35-12-10-28/h3-6,24,28,30H,7-13,22H2,1-2H3,(H,23,29). The average Bonchev–Trinajstić information content (AvgIpc) is 2.84. The first kappa shape index (κ1) is 28.9. The minimum atomic E-state index is -3.79. The molecule has 198 valence electrons.